The standard InChI is InChI=1S/C14H14BrClN4/c15-13-9-14(18-10-17-13)20-6-4-19(5-7-20)12-3-1-2-11(16)8-12/h1-3,8-10H,4-7H2. The van der Waals surface area contributed by atoms with E-state index in [-0.39, 0.29) is 0 Å². The molecule has 20 heavy (non-hydrogen) atoms. The van der Waals surface area contributed by atoms with Crippen LogP contribution in [0.5, 0.6) is 0 Å². The summed E-state index contributed by atoms with van der Waals surface area (Å²) in [6.07, 6.45) is 1.59. The van der Waals surface area contributed by atoms with Gasteiger partial charge in [-0.05, 0) is 34.1 Å². The highest BCUT2D eigenvalue weighted by Gasteiger charge is 2.18. The predicted molar refractivity (Wildman–Crippen MR) is 85.6 cm³/mol. The van der Waals surface area contributed by atoms with Gasteiger partial charge in [0, 0.05) is 43.0 Å². The average molecular weight is 354 g/mol. The second kappa shape index (κ2) is 5.97. The third-order valence-electron chi connectivity index (χ3n) is 3.40. The second-order valence-corrected chi connectivity index (χ2v) is 5.90. The molecule has 0 amide bonds. The summed E-state index contributed by atoms with van der Waals surface area (Å²) in [6, 6.07) is 9.96. The minimum Gasteiger partial charge on any atom is -0.368 e. The molecule has 0 atom stereocenters. The maximum atomic E-state index is 6.05. The molecule has 1 aliphatic heterocycles. The first-order chi connectivity index (χ1) is 9.72. The molecule has 0 bridgehead atoms. The highest BCUT2D eigenvalue weighted by molar-refractivity contribution is 9.10. The van der Waals surface area contributed by atoms with E-state index in [0.29, 0.717) is 0 Å². The summed E-state index contributed by atoms with van der Waals surface area (Å²) < 4.78 is 0.819. The van der Waals surface area contributed by atoms with Gasteiger partial charge in [0.2, 0.25) is 0 Å². The van der Waals surface area contributed by atoms with Crippen molar-refractivity contribution in [2.45, 2.75) is 0 Å². The molecule has 1 aliphatic rings. The van der Waals surface area contributed by atoms with Crippen LogP contribution in [0.4, 0.5) is 11.5 Å². The van der Waals surface area contributed by atoms with Crippen LogP contribution in [-0.2, 0) is 0 Å². The molecule has 4 nitrogen and oxygen atoms in total. The first-order valence-electron chi connectivity index (χ1n) is 6.45. The summed E-state index contributed by atoms with van der Waals surface area (Å²) in [6.45, 7) is 3.80. The lowest BCUT2D eigenvalue weighted by molar-refractivity contribution is 0.646. The van der Waals surface area contributed by atoms with Crippen LogP contribution in [0, 0.1) is 0 Å². The lowest BCUT2D eigenvalue weighted by atomic mass is 10.2. The molecule has 1 aromatic heterocycles. The van der Waals surface area contributed by atoms with Crippen LogP contribution in [0.15, 0.2) is 41.3 Å². The highest BCUT2D eigenvalue weighted by atomic mass is 79.9. The Bertz CT molecular complexity index is 546. The second-order valence-electron chi connectivity index (χ2n) is 4.65. The summed E-state index contributed by atoms with van der Waals surface area (Å²) in [4.78, 5) is 13.0. The van der Waals surface area contributed by atoms with Crippen LogP contribution in [0.25, 0.3) is 0 Å². The summed E-state index contributed by atoms with van der Waals surface area (Å²) >= 11 is 9.43. The van der Waals surface area contributed by atoms with Crippen molar-refractivity contribution in [2.24, 2.45) is 0 Å². The van der Waals surface area contributed by atoms with Gasteiger partial charge in [0.25, 0.3) is 0 Å². The van der Waals surface area contributed by atoms with Crippen LogP contribution in [0.1, 0.15) is 0 Å². The van der Waals surface area contributed by atoms with E-state index in [1.54, 1.807) is 6.33 Å². The Kier molecular flexibility index (Phi) is 4.08. The van der Waals surface area contributed by atoms with Crippen LogP contribution < -0.4 is 9.80 Å². The zero-order valence-electron chi connectivity index (χ0n) is 10.8. The van der Waals surface area contributed by atoms with Gasteiger partial charge >= 0.3 is 0 Å². The smallest absolute Gasteiger partial charge is 0.133 e. The van der Waals surface area contributed by atoms with E-state index in [1.807, 2.05) is 24.3 Å². The van der Waals surface area contributed by atoms with E-state index < -0.39 is 0 Å². The molecule has 2 aromatic rings. The van der Waals surface area contributed by atoms with E-state index in [0.717, 1.165) is 41.6 Å². The molecule has 3 rings (SSSR count). The number of hydrogen-bond donors (Lipinski definition) is 0. The highest BCUT2D eigenvalue weighted by Crippen LogP contribution is 2.22. The van der Waals surface area contributed by atoms with Gasteiger partial charge in [-0.15, -0.1) is 0 Å². The fraction of sp³-hybridized carbons (Fsp3) is 0.286. The summed E-state index contributed by atoms with van der Waals surface area (Å²) in [5.41, 5.74) is 1.18. The summed E-state index contributed by atoms with van der Waals surface area (Å²) in [7, 11) is 0. The van der Waals surface area contributed by atoms with E-state index >= 15 is 0 Å². The zero-order valence-corrected chi connectivity index (χ0v) is 13.2. The minimum absolute atomic E-state index is 0.782. The zero-order chi connectivity index (χ0) is 13.9. The molecule has 104 valence electrons. The van der Waals surface area contributed by atoms with Gasteiger partial charge in [0.05, 0.1) is 0 Å². The Morgan fingerprint density at radius 2 is 1.75 bits per heavy atom. The number of rotatable bonds is 2. The van der Waals surface area contributed by atoms with Gasteiger partial charge in [-0.2, -0.15) is 0 Å². The summed E-state index contributed by atoms with van der Waals surface area (Å²) in [5, 5.41) is 0.782. The third kappa shape index (κ3) is 3.04. The molecular formula is C14H14BrClN4. The van der Waals surface area contributed by atoms with E-state index in [1.165, 1.54) is 5.69 Å². The molecule has 0 saturated carbocycles. The van der Waals surface area contributed by atoms with Crippen molar-refractivity contribution in [3.8, 4) is 0 Å². The van der Waals surface area contributed by atoms with Gasteiger partial charge in [0.15, 0.2) is 0 Å². The third-order valence-corrected chi connectivity index (χ3v) is 4.07. The lowest BCUT2D eigenvalue weighted by Gasteiger charge is -2.36. The van der Waals surface area contributed by atoms with Gasteiger partial charge in [-0.1, -0.05) is 17.7 Å². The fourth-order valence-corrected chi connectivity index (χ4v) is 2.84. The molecule has 1 aromatic carbocycles. The van der Waals surface area contributed by atoms with Crippen molar-refractivity contribution in [2.75, 3.05) is 36.0 Å². The van der Waals surface area contributed by atoms with E-state index in [2.05, 4.69) is 41.8 Å². The first-order valence-corrected chi connectivity index (χ1v) is 7.62. The van der Waals surface area contributed by atoms with Gasteiger partial charge in [-0.3, -0.25) is 0 Å². The number of anilines is 2. The van der Waals surface area contributed by atoms with E-state index in [4.69, 9.17) is 11.6 Å². The maximum absolute atomic E-state index is 6.05. The average Bonchev–Trinajstić information content (AvgIpc) is 2.47. The molecule has 0 spiro atoms. The Balaban J connectivity index is 1.68. The number of nitrogens with zero attached hydrogens (tertiary/aromatic N) is 4. The Labute approximate surface area is 131 Å². The SMILES string of the molecule is Clc1cccc(N2CCN(c3cc(Br)ncn3)CC2)c1. The largest absolute Gasteiger partial charge is 0.368 e. The first kappa shape index (κ1) is 13.6. The molecule has 2 heterocycles. The maximum Gasteiger partial charge on any atom is 0.133 e. The molecule has 0 radical (unpaired) electrons. The van der Waals surface area contributed by atoms with Crippen LogP contribution in [-0.4, -0.2) is 36.1 Å². The number of piperazine rings is 1. The number of benzene rings is 1. The normalized spacial score (nSPS) is 15.5. The predicted octanol–water partition coefficient (Wildman–Crippen LogP) is 3.22. The van der Waals surface area contributed by atoms with Crippen LogP contribution in [0.3, 0.4) is 0 Å². The number of aromatic nitrogens is 2. The number of hydrogen-bond acceptors (Lipinski definition) is 4. The summed E-state index contributed by atoms with van der Waals surface area (Å²) in [5.74, 6) is 0.970. The molecule has 0 aliphatic carbocycles. The molecule has 6 heteroatoms. The van der Waals surface area contributed by atoms with Crippen LogP contribution >= 0.6 is 27.5 Å². The lowest BCUT2D eigenvalue weighted by Crippen LogP contribution is -2.46. The van der Waals surface area contributed by atoms with Crippen molar-refractivity contribution in [3.63, 3.8) is 0 Å². The van der Waals surface area contributed by atoms with Crippen molar-refractivity contribution in [1.29, 1.82) is 0 Å². The van der Waals surface area contributed by atoms with Crippen molar-refractivity contribution < 1.29 is 0 Å². The van der Waals surface area contributed by atoms with Crippen LogP contribution in [0.2, 0.25) is 5.02 Å². The molecule has 1 fully saturated rings. The Morgan fingerprint density at radius 1 is 1.00 bits per heavy atom. The number of halogens is 2. The fourth-order valence-electron chi connectivity index (χ4n) is 2.36. The van der Waals surface area contributed by atoms with Crippen molar-refractivity contribution >= 4 is 39.0 Å². The monoisotopic (exact) mass is 352 g/mol. The van der Waals surface area contributed by atoms with Gasteiger partial charge < -0.3 is 9.80 Å². The topological polar surface area (TPSA) is 32.3 Å². The van der Waals surface area contributed by atoms with Gasteiger partial charge in [-0.25, -0.2) is 9.97 Å². The molecule has 0 unspecified atom stereocenters. The van der Waals surface area contributed by atoms with Crippen molar-refractivity contribution in [3.05, 3.63) is 46.3 Å². The molecule has 0 N–H and O–H groups in total. The van der Waals surface area contributed by atoms with E-state index in [9.17, 15) is 0 Å². The van der Waals surface area contributed by atoms with Gasteiger partial charge in [0.1, 0.15) is 16.7 Å². The quantitative estimate of drug-likeness (QED) is 0.776. The minimum atomic E-state index is 0.782. The molecular weight excluding hydrogens is 340 g/mol. The molecule has 1 saturated heterocycles. The van der Waals surface area contributed by atoms with Crippen molar-refractivity contribution in [1.82, 2.24) is 9.97 Å². The Morgan fingerprint density at radius 3 is 2.45 bits per heavy atom. The Hall–Kier alpha value is -1.33.